The maximum absolute atomic E-state index is 13.2. The molecule has 1 aliphatic carbocycles. The molecule has 2 N–H and O–H groups in total. The highest BCUT2D eigenvalue weighted by Gasteiger charge is 2.22. The molecule has 1 aromatic rings. The fourth-order valence-corrected chi connectivity index (χ4v) is 3.01. The van der Waals surface area contributed by atoms with Crippen molar-refractivity contribution < 1.29 is 9.50 Å². The lowest BCUT2D eigenvalue weighted by molar-refractivity contribution is 0.242. The first-order valence-corrected chi connectivity index (χ1v) is 7.29. The van der Waals surface area contributed by atoms with Crippen molar-refractivity contribution in [3.05, 3.63) is 29.6 Å². The van der Waals surface area contributed by atoms with Crippen molar-refractivity contribution in [2.45, 2.75) is 45.6 Å². The van der Waals surface area contributed by atoms with Gasteiger partial charge in [-0.05, 0) is 49.9 Å². The number of aromatic hydroxyl groups is 1. The summed E-state index contributed by atoms with van der Waals surface area (Å²) < 4.78 is 13.2. The maximum Gasteiger partial charge on any atom is 0.123 e. The van der Waals surface area contributed by atoms with E-state index < -0.39 is 0 Å². The van der Waals surface area contributed by atoms with Crippen LogP contribution in [0.1, 0.15) is 51.1 Å². The minimum absolute atomic E-state index is 0.0233. The lowest BCUT2D eigenvalue weighted by Crippen LogP contribution is -2.31. The molecule has 0 saturated heterocycles. The van der Waals surface area contributed by atoms with Crippen molar-refractivity contribution >= 4 is 0 Å². The number of hydrogen-bond donors (Lipinski definition) is 2. The molecule has 1 fully saturated rings. The topological polar surface area (TPSA) is 32.3 Å². The zero-order valence-corrected chi connectivity index (χ0v) is 11.8. The summed E-state index contributed by atoms with van der Waals surface area (Å²) in [4.78, 5) is 0. The first-order valence-electron chi connectivity index (χ1n) is 7.29. The van der Waals surface area contributed by atoms with E-state index in [1.807, 2.05) is 6.92 Å². The number of hydrogen-bond acceptors (Lipinski definition) is 2. The Labute approximate surface area is 115 Å². The van der Waals surface area contributed by atoms with Crippen molar-refractivity contribution in [3.63, 3.8) is 0 Å². The van der Waals surface area contributed by atoms with Crippen LogP contribution in [-0.4, -0.2) is 11.7 Å². The van der Waals surface area contributed by atoms with Crippen molar-refractivity contribution in [1.82, 2.24) is 5.32 Å². The molecule has 3 atom stereocenters. The smallest absolute Gasteiger partial charge is 0.123 e. The Kier molecular flexibility index (Phi) is 4.81. The standard InChI is InChI=1S/C16H24FNO/c1-11-5-3-4-6-13(11)10-18-12(2)15-9-14(17)7-8-16(15)19/h7-9,11-13,18-19H,3-6,10H2,1-2H3. The summed E-state index contributed by atoms with van der Waals surface area (Å²) in [5, 5.41) is 13.2. The number of benzene rings is 1. The fourth-order valence-electron chi connectivity index (χ4n) is 3.01. The molecule has 106 valence electrons. The Morgan fingerprint density at radius 2 is 2.11 bits per heavy atom. The van der Waals surface area contributed by atoms with Crippen LogP contribution in [0.2, 0.25) is 0 Å². The average molecular weight is 265 g/mol. The predicted molar refractivity (Wildman–Crippen MR) is 75.6 cm³/mol. The van der Waals surface area contributed by atoms with Gasteiger partial charge in [-0.2, -0.15) is 0 Å². The molecule has 1 saturated carbocycles. The summed E-state index contributed by atoms with van der Waals surface area (Å²) >= 11 is 0. The highest BCUT2D eigenvalue weighted by molar-refractivity contribution is 5.34. The minimum atomic E-state index is -0.299. The third kappa shape index (κ3) is 3.69. The van der Waals surface area contributed by atoms with E-state index in [9.17, 15) is 9.50 Å². The van der Waals surface area contributed by atoms with E-state index in [1.165, 1.54) is 43.9 Å². The van der Waals surface area contributed by atoms with Gasteiger partial charge in [-0.25, -0.2) is 4.39 Å². The quantitative estimate of drug-likeness (QED) is 0.862. The SMILES string of the molecule is CC(NCC1CCCCC1C)c1cc(F)ccc1O. The largest absolute Gasteiger partial charge is 0.508 e. The number of phenols is 1. The van der Waals surface area contributed by atoms with E-state index in [0.717, 1.165) is 12.5 Å². The van der Waals surface area contributed by atoms with E-state index >= 15 is 0 Å². The van der Waals surface area contributed by atoms with Gasteiger partial charge in [-0.3, -0.25) is 0 Å². The van der Waals surface area contributed by atoms with Gasteiger partial charge in [0.15, 0.2) is 0 Å². The molecular formula is C16H24FNO. The monoisotopic (exact) mass is 265 g/mol. The minimum Gasteiger partial charge on any atom is -0.508 e. The van der Waals surface area contributed by atoms with Gasteiger partial charge in [0, 0.05) is 11.6 Å². The Balaban J connectivity index is 1.93. The second kappa shape index (κ2) is 6.38. The van der Waals surface area contributed by atoms with Gasteiger partial charge in [0.2, 0.25) is 0 Å². The van der Waals surface area contributed by atoms with Gasteiger partial charge in [0.05, 0.1) is 0 Å². The molecule has 2 rings (SSSR count). The molecule has 0 aliphatic heterocycles. The number of phenolic OH excluding ortho intramolecular Hbond substituents is 1. The van der Waals surface area contributed by atoms with E-state index in [2.05, 4.69) is 12.2 Å². The van der Waals surface area contributed by atoms with Crippen molar-refractivity contribution in [2.75, 3.05) is 6.54 Å². The summed E-state index contributed by atoms with van der Waals surface area (Å²) in [7, 11) is 0. The lowest BCUT2D eigenvalue weighted by atomic mass is 9.80. The van der Waals surface area contributed by atoms with E-state index in [4.69, 9.17) is 0 Å². The fraction of sp³-hybridized carbons (Fsp3) is 0.625. The third-order valence-electron chi connectivity index (χ3n) is 4.43. The van der Waals surface area contributed by atoms with Crippen LogP contribution in [0.5, 0.6) is 5.75 Å². The molecular weight excluding hydrogens is 241 g/mol. The van der Waals surface area contributed by atoms with Crippen LogP contribution < -0.4 is 5.32 Å². The average Bonchev–Trinajstić information content (AvgIpc) is 2.40. The van der Waals surface area contributed by atoms with E-state index in [0.29, 0.717) is 11.5 Å². The Morgan fingerprint density at radius 1 is 1.37 bits per heavy atom. The van der Waals surface area contributed by atoms with Gasteiger partial charge in [0.25, 0.3) is 0 Å². The second-order valence-corrected chi connectivity index (χ2v) is 5.85. The van der Waals surface area contributed by atoms with E-state index in [-0.39, 0.29) is 17.6 Å². The summed E-state index contributed by atoms with van der Waals surface area (Å²) in [6, 6.07) is 4.10. The van der Waals surface area contributed by atoms with Gasteiger partial charge in [0.1, 0.15) is 11.6 Å². The Morgan fingerprint density at radius 3 is 2.84 bits per heavy atom. The Hall–Kier alpha value is -1.09. The molecule has 0 bridgehead atoms. The van der Waals surface area contributed by atoms with Gasteiger partial charge in [-0.15, -0.1) is 0 Å². The zero-order chi connectivity index (χ0) is 13.8. The highest BCUT2D eigenvalue weighted by Crippen LogP contribution is 2.30. The van der Waals surface area contributed by atoms with Crippen LogP contribution in [0, 0.1) is 17.7 Å². The molecule has 19 heavy (non-hydrogen) atoms. The van der Waals surface area contributed by atoms with Gasteiger partial charge < -0.3 is 10.4 Å². The van der Waals surface area contributed by atoms with Crippen LogP contribution in [0.25, 0.3) is 0 Å². The molecule has 0 spiro atoms. The van der Waals surface area contributed by atoms with Gasteiger partial charge >= 0.3 is 0 Å². The highest BCUT2D eigenvalue weighted by atomic mass is 19.1. The van der Waals surface area contributed by atoms with E-state index in [1.54, 1.807) is 0 Å². The predicted octanol–water partition coefficient (Wildman–Crippen LogP) is 4.01. The molecule has 0 amide bonds. The van der Waals surface area contributed by atoms with Crippen LogP contribution in [-0.2, 0) is 0 Å². The van der Waals surface area contributed by atoms with Crippen LogP contribution in [0.4, 0.5) is 4.39 Å². The third-order valence-corrected chi connectivity index (χ3v) is 4.43. The summed E-state index contributed by atoms with van der Waals surface area (Å²) in [5.74, 6) is 1.33. The number of halogens is 1. The number of nitrogens with one attached hydrogen (secondary N) is 1. The zero-order valence-electron chi connectivity index (χ0n) is 11.8. The van der Waals surface area contributed by atoms with Crippen LogP contribution in [0.15, 0.2) is 18.2 Å². The molecule has 0 radical (unpaired) electrons. The normalized spacial score (nSPS) is 25.2. The molecule has 1 aliphatic rings. The maximum atomic E-state index is 13.2. The molecule has 3 heteroatoms. The molecule has 3 unspecified atom stereocenters. The molecule has 2 nitrogen and oxygen atoms in total. The number of rotatable bonds is 4. The Bertz CT molecular complexity index is 421. The summed E-state index contributed by atoms with van der Waals surface area (Å²) in [6.45, 7) is 5.23. The van der Waals surface area contributed by atoms with Crippen LogP contribution >= 0.6 is 0 Å². The second-order valence-electron chi connectivity index (χ2n) is 5.85. The summed E-state index contributed by atoms with van der Waals surface area (Å²) in [6.07, 6.45) is 5.25. The first-order chi connectivity index (χ1) is 9.08. The lowest BCUT2D eigenvalue weighted by Gasteiger charge is -2.30. The molecule has 0 heterocycles. The van der Waals surface area contributed by atoms with Gasteiger partial charge in [-0.1, -0.05) is 26.2 Å². The van der Waals surface area contributed by atoms with Crippen molar-refractivity contribution in [1.29, 1.82) is 0 Å². The molecule has 1 aromatic carbocycles. The van der Waals surface area contributed by atoms with Crippen molar-refractivity contribution in [3.8, 4) is 5.75 Å². The van der Waals surface area contributed by atoms with Crippen LogP contribution in [0.3, 0.4) is 0 Å². The first kappa shape index (κ1) is 14.3. The molecule has 0 aromatic heterocycles. The van der Waals surface area contributed by atoms with Crippen molar-refractivity contribution in [2.24, 2.45) is 11.8 Å². The summed E-state index contributed by atoms with van der Waals surface area (Å²) in [5.41, 5.74) is 0.642.